The van der Waals surface area contributed by atoms with E-state index in [0.29, 0.717) is 5.75 Å². The van der Waals surface area contributed by atoms with Crippen molar-refractivity contribution in [2.24, 2.45) is 0 Å². The number of carbonyl (C=O) groups is 3. The highest BCUT2D eigenvalue weighted by molar-refractivity contribution is 8.00. The molecule has 0 saturated heterocycles. The van der Waals surface area contributed by atoms with Gasteiger partial charge in [0, 0.05) is 17.5 Å². The number of benzene rings is 1. The van der Waals surface area contributed by atoms with E-state index in [1.54, 1.807) is 11.8 Å². The van der Waals surface area contributed by atoms with Crippen molar-refractivity contribution in [2.75, 3.05) is 17.2 Å². The largest absolute Gasteiger partial charge is 0.452 e. The Bertz CT molecular complexity index is 703. The van der Waals surface area contributed by atoms with E-state index < -0.39 is 12.1 Å². The van der Waals surface area contributed by atoms with Crippen LogP contribution < -0.4 is 10.2 Å². The van der Waals surface area contributed by atoms with Gasteiger partial charge in [-0.2, -0.15) is 0 Å². The number of para-hydroxylation sites is 1. The van der Waals surface area contributed by atoms with Gasteiger partial charge in [-0.25, -0.2) is 0 Å². The molecule has 0 aromatic heterocycles. The highest BCUT2D eigenvalue weighted by Gasteiger charge is 2.26. The molecule has 0 unspecified atom stereocenters. The summed E-state index contributed by atoms with van der Waals surface area (Å²) >= 11 is 1.51. The van der Waals surface area contributed by atoms with Gasteiger partial charge in [-0.3, -0.25) is 14.4 Å². The minimum atomic E-state index is -0.820. The zero-order chi connectivity index (χ0) is 19.2. The van der Waals surface area contributed by atoms with Crippen molar-refractivity contribution in [2.45, 2.75) is 62.5 Å². The van der Waals surface area contributed by atoms with Crippen LogP contribution in [-0.4, -0.2) is 42.2 Å². The predicted molar refractivity (Wildman–Crippen MR) is 105 cm³/mol. The number of anilines is 1. The molecule has 6 nitrogen and oxygen atoms in total. The molecule has 1 fully saturated rings. The molecule has 0 bridgehead atoms. The number of nitrogens with one attached hydrogen (secondary N) is 1. The second-order valence-corrected chi connectivity index (χ2v) is 8.04. The Balaban J connectivity index is 1.48. The summed E-state index contributed by atoms with van der Waals surface area (Å²) < 4.78 is 5.27. The summed E-state index contributed by atoms with van der Waals surface area (Å²) in [4.78, 5) is 39.2. The van der Waals surface area contributed by atoms with Crippen molar-refractivity contribution in [3.05, 3.63) is 24.3 Å². The quantitative estimate of drug-likeness (QED) is 0.756. The van der Waals surface area contributed by atoms with E-state index in [9.17, 15) is 14.4 Å². The van der Waals surface area contributed by atoms with Gasteiger partial charge in [0.25, 0.3) is 5.91 Å². The molecule has 7 heteroatoms. The van der Waals surface area contributed by atoms with E-state index in [2.05, 4.69) is 5.32 Å². The summed E-state index contributed by atoms with van der Waals surface area (Å²) in [7, 11) is 0. The van der Waals surface area contributed by atoms with Gasteiger partial charge >= 0.3 is 5.97 Å². The smallest absolute Gasteiger partial charge is 0.308 e. The summed E-state index contributed by atoms with van der Waals surface area (Å²) in [5.74, 6) is -0.364. The van der Waals surface area contributed by atoms with E-state index in [-0.39, 0.29) is 30.8 Å². The van der Waals surface area contributed by atoms with Gasteiger partial charge in [0.1, 0.15) is 0 Å². The van der Waals surface area contributed by atoms with Crippen molar-refractivity contribution >= 4 is 35.2 Å². The van der Waals surface area contributed by atoms with E-state index in [1.807, 2.05) is 24.3 Å². The first-order valence-corrected chi connectivity index (χ1v) is 10.5. The number of ether oxygens (including phenoxy) is 1. The molecule has 27 heavy (non-hydrogen) atoms. The minimum absolute atomic E-state index is 0.0189. The third-order valence-electron chi connectivity index (χ3n) is 4.98. The van der Waals surface area contributed by atoms with Crippen LogP contribution in [0.4, 0.5) is 5.69 Å². The maximum absolute atomic E-state index is 12.2. The number of thioether (sulfide) groups is 1. The molecule has 1 aliphatic heterocycles. The van der Waals surface area contributed by atoms with Gasteiger partial charge in [-0.15, -0.1) is 11.8 Å². The first-order chi connectivity index (χ1) is 13.0. The molecule has 1 N–H and O–H groups in total. The van der Waals surface area contributed by atoms with E-state index in [0.717, 1.165) is 36.3 Å². The van der Waals surface area contributed by atoms with Crippen LogP contribution in [0.3, 0.4) is 0 Å². The van der Waals surface area contributed by atoms with Gasteiger partial charge in [-0.05, 0) is 31.9 Å². The molecular weight excluding hydrogens is 364 g/mol. The van der Waals surface area contributed by atoms with Crippen LogP contribution in [0.15, 0.2) is 29.2 Å². The number of nitrogens with zero attached hydrogens (tertiary/aromatic N) is 1. The number of rotatable bonds is 6. The molecular formula is C20H26N2O4S. The second-order valence-electron chi connectivity index (χ2n) is 7.03. The van der Waals surface area contributed by atoms with Gasteiger partial charge in [-0.1, -0.05) is 31.4 Å². The SMILES string of the molecule is C[C@H](OC(=O)CCN1C(=O)CSc2ccccc21)C(=O)NC1CCCCC1. The van der Waals surface area contributed by atoms with Crippen molar-refractivity contribution in [3.8, 4) is 0 Å². The van der Waals surface area contributed by atoms with Crippen LogP contribution in [-0.2, 0) is 19.1 Å². The highest BCUT2D eigenvalue weighted by Crippen LogP contribution is 2.34. The van der Waals surface area contributed by atoms with Gasteiger partial charge in [0.15, 0.2) is 6.10 Å². The molecule has 1 saturated carbocycles. The molecule has 146 valence electrons. The van der Waals surface area contributed by atoms with Crippen molar-refractivity contribution in [1.29, 1.82) is 0 Å². The van der Waals surface area contributed by atoms with Crippen LogP contribution in [0.5, 0.6) is 0 Å². The molecule has 2 amide bonds. The van der Waals surface area contributed by atoms with E-state index in [1.165, 1.54) is 18.2 Å². The van der Waals surface area contributed by atoms with Gasteiger partial charge in [0.05, 0.1) is 17.9 Å². The third-order valence-corrected chi connectivity index (χ3v) is 6.02. The van der Waals surface area contributed by atoms with Crippen molar-refractivity contribution < 1.29 is 19.1 Å². The number of hydrogen-bond donors (Lipinski definition) is 1. The fourth-order valence-electron chi connectivity index (χ4n) is 3.48. The molecule has 1 aromatic carbocycles. The molecule has 1 atom stereocenters. The van der Waals surface area contributed by atoms with Crippen LogP contribution in [0.25, 0.3) is 0 Å². The summed E-state index contributed by atoms with van der Waals surface area (Å²) in [6.45, 7) is 1.85. The molecule has 1 heterocycles. The zero-order valence-electron chi connectivity index (χ0n) is 15.6. The van der Waals surface area contributed by atoms with E-state index >= 15 is 0 Å². The summed E-state index contributed by atoms with van der Waals surface area (Å²) in [6, 6.07) is 7.84. The third kappa shape index (κ3) is 5.25. The molecule has 0 radical (unpaired) electrons. The number of carbonyl (C=O) groups excluding carboxylic acids is 3. The molecule has 1 aromatic rings. The Morgan fingerprint density at radius 1 is 1.26 bits per heavy atom. The normalized spacial score (nSPS) is 18.6. The standard InChI is InChI=1S/C20H26N2O4S/c1-14(20(25)21-15-7-3-2-4-8-15)26-19(24)11-12-22-16-9-5-6-10-17(16)27-13-18(22)23/h5-6,9-10,14-15H,2-4,7-8,11-13H2,1H3,(H,21,25)/t14-/m0/s1. The summed E-state index contributed by atoms with van der Waals surface area (Å²) in [6.07, 6.45) is 4.69. The highest BCUT2D eigenvalue weighted by atomic mass is 32.2. The minimum Gasteiger partial charge on any atom is -0.452 e. The summed E-state index contributed by atoms with van der Waals surface area (Å²) in [5, 5.41) is 2.97. The first-order valence-electron chi connectivity index (χ1n) is 9.56. The Kier molecular flexibility index (Phi) is 6.77. The van der Waals surface area contributed by atoms with E-state index in [4.69, 9.17) is 4.74 Å². The zero-order valence-corrected chi connectivity index (χ0v) is 16.4. The first kappa shape index (κ1) is 19.7. The lowest BCUT2D eigenvalue weighted by Crippen LogP contribution is -2.43. The fourth-order valence-corrected chi connectivity index (χ4v) is 4.41. The van der Waals surface area contributed by atoms with Gasteiger partial charge < -0.3 is 15.0 Å². The summed E-state index contributed by atoms with van der Waals surface area (Å²) in [5.41, 5.74) is 0.828. The maximum Gasteiger partial charge on any atom is 0.308 e. The lowest BCUT2D eigenvalue weighted by molar-refractivity contribution is -0.155. The lowest BCUT2D eigenvalue weighted by atomic mass is 9.95. The van der Waals surface area contributed by atoms with Crippen molar-refractivity contribution in [1.82, 2.24) is 5.32 Å². The monoisotopic (exact) mass is 390 g/mol. The molecule has 2 aliphatic rings. The Hall–Kier alpha value is -2.02. The van der Waals surface area contributed by atoms with Crippen LogP contribution >= 0.6 is 11.8 Å². The van der Waals surface area contributed by atoms with Crippen LogP contribution in [0.2, 0.25) is 0 Å². The molecule has 0 spiro atoms. The van der Waals surface area contributed by atoms with Gasteiger partial charge in [0.2, 0.25) is 5.91 Å². The lowest BCUT2D eigenvalue weighted by Gasteiger charge is -2.28. The Morgan fingerprint density at radius 3 is 2.78 bits per heavy atom. The Labute approximate surface area is 164 Å². The number of esters is 1. The fraction of sp³-hybridized carbons (Fsp3) is 0.550. The van der Waals surface area contributed by atoms with Crippen LogP contribution in [0.1, 0.15) is 45.4 Å². The average Bonchev–Trinajstić information content (AvgIpc) is 2.68. The topological polar surface area (TPSA) is 75.7 Å². The number of fused-ring (bicyclic) bond motifs is 1. The Morgan fingerprint density at radius 2 is 2.00 bits per heavy atom. The number of amides is 2. The molecule has 3 rings (SSSR count). The predicted octanol–water partition coefficient (Wildman–Crippen LogP) is 2.90. The average molecular weight is 391 g/mol. The molecule has 1 aliphatic carbocycles. The van der Waals surface area contributed by atoms with Crippen LogP contribution in [0, 0.1) is 0 Å². The number of hydrogen-bond acceptors (Lipinski definition) is 5. The maximum atomic E-state index is 12.2. The van der Waals surface area contributed by atoms with Crippen molar-refractivity contribution in [3.63, 3.8) is 0 Å². The second kappa shape index (κ2) is 9.26.